The summed E-state index contributed by atoms with van der Waals surface area (Å²) >= 11 is 3.52. The van der Waals surface area contributed by atoms with Crippen molar-refractivity contribution < 1.29 is 4.79 Å². The lowest BCUT2D eigenvalue weighted by molar-refractivity contribution is 0.0729. The van der Waals surface area contributed by atoms with Gasteiger partial charge in [-0.05, 0) is 59.0 Å². The third-order valence-electron chi connectivity index (χ3n) is 3.80. The Morgan fingerprint density at radius 1 is 1.19 bits per heavy atom. The van der Waals surface area contributed by atoms with E-state index >= 15 is 0 Å². The summed E-state index contributed by atoms with van der Waals surface area (Å²) in [5.41, 5.74) is 3.09. The normalized spacial score (nSPS) is 14.0. The summed E-state index contributed by atoms with van der Waals surface area (Å²) in [6.45, 7) is 2.71. The zero-order valence-corrected chi connectivity index (χ0v) is 13.6. The zero-order chi connectivity index (χ0) is 14.8. The van der Waals surface area contributed by atoms with Gasteiger partial charge in [-0.1, -0.05) is 36.4 Å². The molecule has 2 nitrogen and oxygen atoms in total. The first-order valence-electron chi connectivity index (χ1n) is 7.26. The number of aryl methyl sites for hydroxylation is 1. The van der Waals surface area contributed by atoms with Crippen molar-refractivity contribution in [3.05, 3.63) is 69.7 Å². The van der Waals surface area contributed by atoms with Crippen LogP contribution in [0.3, 0.4) is 0 Å². The number of nitrogens with zero attached hydrogens (tertiary/aromatic N) is 1. The average Bonchev–Trinajstić information content (AvgIpc) is 3.30. The topological polar surface area (TPSA) is 20.3 Å². The van der Waals surface area contributed by atoms with Gasteiger partial charge in [-0.15, -0.1) is 0 Å². The molecule has 2 aromatic rings. The zero-order valence-electron chi connectivity index (χ0n) is 12.1. The Morgan fingerprint density at radius 2 is 1.90 bits per heavy atom. The Balaban J connectivity index is 1.85. The van der Waals surface area contributed by atoms with E-state index in [0.717, 1.165) is 28.4 Å². The summed E-state index contributed by atoms with van der Waals surface area (Å²) in [5, 5.41) is 0. The van der Waals surface area contributed by atoms with Crippen LogP contribution in [0.1, 0.15) is 34.3 Å². The van der Waals surface area contributed by atoms with Crippen molar-refractivity contribution in [3.63, 3.8) is 0 Å². The summed E-state index contributed by atoms with van der Waals surface area (Å²) < 4.78 is 0.881. The molecule has 108 valence electrons. The lowest BCUT2D eigenvalue weighted by atomic mass is 10.1. The van der Waals surface area contributed by atoms with E-state index in [-0.39, 0.29) is 5.91 Å². The average molecular weight is 344 g/mol. The number of amides is 1. The van der Waals surface area contributed by atoms with Gasteiger partial charge in [0.15, 0.2) is 0 Å². The molecule has 0 heterocycles. The maximum Gasteiger partial charge on any atom is 0.255 e. The summed E-state index contributed by atoms with van der Waals surface area (Å²) in [5.74, 6) is 0.119. The van der Waals surface area contributed by atoms with E-state index in [0.29, 0.717) is 12.6 Å². The molecule has 0 atom stereocenters. The summed E-state index contributed by atoms with van der Waals surface area (Å²) in [6.07, 6.45) is 2.23. The van der Waals surface area contributed by atoms with Gasteiger partial charge in [-0.2, -0.15) is 0 Å². The van der Waals surface area contributed by atoms with Gasteiger partial charge in [0.2, 0.25) is 0 Å². The van der Waals surface area contributed by atoms with Crippen LogP contribution in [0.15, 0.2) is 53.0 Å². The van der Waals surface area contributed by atoms with Crippen molar-refractivity contribution in [3.8, 4) is 0 Å². The third kappa shape index (κ3) is 3.35. The smallest absolute Gasteiger partial charge is 0.255 e. The van der Waals surface area contributed by atoms with Crippen molar-refractivity contribution in [2.75, 3.05) is 0 Å². The number of hydrogen-bond donors (Lipinski definition) is 0. The highest BCUT2D eigenvalue weighted by atomic mass is 79.9. The molecule has 1 aliphatic rings. The van der Waals surface area contributed by atoms with Crippen LogP contribution in [0.25, 0.3) is 0 Å². The number of rotatable bonds is 4. The van der Waals surface area contributed by atoms with Gasteiger partial charge in [0.25, 0.3) is 5.91 Å². The van der Waals surface area contributed by atoms with Crippen molar-refractivity contribution in [1.82, 2.24) is 4.90 Å². The number of benzene rings is 2. The van der Waals surface area contributed by atoms with Crippen LogP contribution in [-0.2, 0) is 6.54 Å². The molecule has 0 bridgehead atoms. The van der Waals surface area contributed by atoms with Gasteiger partial charge in [-0.25, -0.2) is 0 Å². The van der Waals surface area contributed by atoms with Crippen LogP contribution in [0.4, 0.5) is 0 Å². The molecule has 1 amide bonds. The van der Waals surface area contributed by atoms with E-state index in [4.69, 9.17) is 0 Å². The number of carbonyl (C=O) groups excluding carboxylic acids is 1. The van der Waals surface area contributed by atoms with Gasteiger partial charge in [0.05, 0.1) is 5.56 Å². The lowest BCUT2D eigenvalue weighted by Gasteiger charge is -2.23. The molecule has 1 aliphatic carbocycles. The van der Waals surface area contributed by atoms with Crippen LogP contribution in [0, 0.1) is 6.92 Å². The number of halogens is 1. The first-order chi connectivity index (χ1) is 10.1. The second-order valence-corrected chi connectivity index (χ2v) is 6.49. The van der Waals surface area contributed by atoms with Crippen LogP contribution in [0.5, 0.6) is 0 Å². The number of carbonyl (C=O) groups is 1. The van der Waals surface area contributed by atoms with E-state index in [2.05, 4.69) is 28.1 Å². The maximum absolute atomic E-state index is 12.9. The molecular weight excluding hydrogens is 326 g/mol. The first kappa shape index (κ1) is 14.3. The monoisotopic (exact) mass is 343 g/mol. The molecule has 0 spiro atoms. The molecular formula is C18H18BrNO. The fourth-order valence-corrected chi connectivity index (χ4v) is 3.14. The highest BCUT2D eigenvalue weighted by Crippen LogP contribution is 2.31. The predicted molar refractivity (Wildman–Crippen MR) is 88.2 cm³/mol. The van der Waals surface area contributed by atoms with Crippen molar-refractivity contribution >= 4 is 21.8 Å². The van der Waals surface area contributed by atoms with Crippen molar-refractivity contribution in [2.24, 2.45) is 0 Å². The Morgan fingerprint density at radius 3 is 2.52 bits per heavy atom. The lowest BCUT2D eigenvalue weighted by Crippen LogP contribution is -2.32. The van der Waals surface area contributed by atoms with E-state index in [1.54, 1.807) is 0 Å². The molecule has 0 saturated heterocycles. The second-order valence-electron chi connectivity index (χ2n) is 5.63. The third-order valence-corrected chi connectivity index (χ3v) is 4.46. The van der Waals surface area contributed by atoms with Gasteiger partial charge in [0.1, 0.15) is 0 Å². The first-order valence-corrected chi connectivity index (χ1v) is 8.05. The molecule has 0 aliphatic heterocycles. The fourth-order valence-electron chi connectivity index (χ4n) is 2.48. The molecule has 0 N–H and O–H groups in total. The minimum absolute atomic E-state index is 0.119. The highest BCUT2D eigenvalue weighted by Gasteiger charge is 2.33. The van der Waals surface area contributed by atoms with Gasteiger partial charge in [0, 0.05) is 17.1 Å². The minimum atomic E-state index is 0.119. The molecule has 2 aromatic carbocycles. The summed E-state index contributed by atoms with van der Waals surface area (Å²) in [7, 11) is 0. The van der Waals surface area contributed by atoms with Gasteiger partial charge < -0.3 is 4.90 Å². The quantitative estimate of drug-likeness (QED) is 0.796. The van der Waals surface area contributed by atoms with Crippen molar-refractivity contribution in [2.45, 2.75) is 32.4 Å². The molecule has 1 fully saturated rings. The van der Waals surface area contributed by atoms with Gasteiger partial charge in [-0.3, -0.25) is 4.79 Å². The molecule has 3 rings (SSSR count). The molecule has 1 saturated carbocycles. The predicted octanol–water partition coefficient (Wildman–Crippen LogP) is 4.56. The van der Waals surface area contributed by atoms with E-state index in [1.807, 2.05) is 48.2 Å². The van der Waals surface area contributed by atoms with Crippen LogP contribution >= 0.6 is 15.9 Å². The van der Waals surface area contributed by atoms with Crippen LogP contribution in [-0.4, -0.2) is 16.8 Å². The van der Waals surface area contributed by atoms with E-state index < -0.39 is 0 Å². The second kappa shape index (κ2) is 6.02. The SMILES string of the molecule is Cc1ccc(C(=O)N(Cc2ccccc2)C2CC2)c(Br)c1. The standard InChI is InChI=1S/C18H18BrNO/c1-13-7-10-16(17(19)11-13)18(21)20(15-8-9-15)12-14-5-3-2-4-6-14/h2-7,10-11,15H,8-9,12H2,1H3. The Kier molecular flexibility index (Phi) is 4.11. The van der Waals surface area contributed by atoms with Crippen LogP contribution in [0.2, 0.25) is 0 Å². The van der Waals surface area contributed by atoms with Crippen LogP contribution < -0.4 is 0 Å². The molecule has 0 aromatic heterocycles. The Hall–Kier alpha value is -1.61. The highest BCUT2D eigenvalue weighted by molar-refractivity contribution is 9.10. The van der Waals surface area contributed by atoms with E-state index in [9.17, 15) is 4.79 Å². The maximum atomic E-state index is 12.9. The summed E-state index contributed by atoms with van der Waals surface area (Å²) in [4.78, 5) is 14.9. The molecule has 21 heavy (non-hydrogen) atoms. The molecule has 0 radical (unpaired) electrons. The molecule has 3 heteroatoms. The Labute approximate surface area is 133 Å². The number of hydrogen-bond acceptors (Lipinski definition) is 1. The van der Waals surface area contributed by atoms with E-state index in [1.165, 1.54) is 5.56 Å². The fraction of sp³-hybridized carbons (Fsp3) is 0.278. The molecule has 0 unspecified atom stereocenters. The Bertz CT molecular complexity index is 650. The minimum Gasteiger partial charge on any atom is -0.331 e. The van der Waals surface area contributed by atoms with Crippen molar-refractivity contribution in [1.29, 1.82) is 0 Å². The summed E-state index contributed by atoms with van der Waals surface area (Å²) in [6, 6.07) is 16.5. The largest absolute Gasteiger partial charge is 0.331 e. The van der Waals surface area contributed by atoms with Gasteiger partial charge >= 0.3 is 0 Å².